The molecule has 0 radical (unpaired) electrons. The minimum atomic E-state index is -0.719. The van der Waals surface area contributed by atoms with E-state index < -0.39 is 5.54 Å². The average Bonchev–Trinajstić information content (AvgIpc) is 2.30. The number of benzene rings is 1. The summed E-state index contributed by atoms with van der Waals surface area (Å²) in [6.45, 7) is 3.95. The van der Waals surface area contributed by atoms with Gasteiger partial charge < -0.3 is 10.5 Å². The standard InChI is InChI=1S/C12H17BrN2O2/c1-12(2,15-16)9(7-14)8-4-5-11(17-3)10(13)6-8/h4-6,9H,7,14H2,1-3H3. The van der Waals surface area contributed by atoms with Crippen molar-refractivity contribution < 1.29 is 4.74 Å². The van der Waals surface area contributed by atoms with E-state index in [2.05, 4.69) is 21.1 Å². The Hall–Kier alpha value is -0.940. The van der Waals surface area contributed by atoms with Crippen LogP contribution in [-0.4, -0.2) is 19.2 Å². The summed E-state index contributed by atoms with van der Waals surface area (Å²) >= 11 is 3.42. The fourth-order valence-electron chi connectivity index (χ4n) is 1.80. The lowest BCUT2D eigenvalue weighted by atomic mass is 9.83. The zero-order valence-electron chi connectivity index (χ0n) is 10.2. The van der Waals surface area contributed by atoms with Gasteiger partial charge in [0, 0.05) is 12.5 Å². The number of nitroso groups, excluding NO2 is 1. The molecule has 0 saturated carbocycles. The molecule has 0 fully saturated rings. The molecule has 0 bridgehead atoms. The lowest BCUT2D eigenvalue weighted by molar-refractivity contribution is 0.406. The highest BCUT2D eigenvalue weighted by atomic mass is 79.9. The van der Waals surface area contributed by atoms with Gasteiger partial charge in [0.15, 0.2) is 0 Å². The van der Waals surface area contributed by atoms with E-state index in [-0.39, 0.29) is 5.92 Å². The maximum atomic E-state index is 10.9. The number of hydrogen-bond acceptors (Lipinski definition) is 4. The van der Waals surface area contributed by atoms with Crippen molar-refractivity contribution in [2.45, 2.75) is 25.3 Å². The highest BCUT2D eigenvalue weighted by Crippen LogP contribution is 2.34. The Bertz CT molecular complexity index is 407. The summed E-state index contributed by atoms with van der Waals surface area (Å²) in [5.74, 6) is 0.642. The smallest absolute Gasteiger partial charge is 0.133 e. The zero-order chi connectivity index (χ0) is 13.1. The van der Waals surface area contributed by atoms with Gasteiger partial charge in [-0.3, -0.25) is 0 Å². The summed E-state index contributed by atoms with van der Waals surface area (Å²) in [5, 5.41) is 3.16. The van der Waals surface area contributed by atoms with Crippen molar-refractivity contribution in [2.75, 3.05) is 13.7 Å². The van der Waals surface area contributed by atoms with Gasteiger partial charge in [0.25, 0.3) is 0 Å². The van der Waals surface area contributed by atoms with Crippen molar-refractivity contribution in [3.8, 4) is 5.75 Å². The molecular formula is C12H17BrN2O2. The summed E-state index contributed by atoms with van der Waals surface area (Å²) in [4.78, 5) is 10.9. The molecule has 5 heteroatoms. The normalized spacial score (nSPS) is 13.2. The van der Waals surface area contributed by atoms with Crippen LogP contribution in [0.2, 0.25) is 0 Å². The molecule has 2 N–H and O–H groups in total. The lowest BCUT2D eigenvalue weighted by Crippen LogP contribution is -2.32. The number of rotatable bonds is 5. The second-order valence-electron chi connectivity index (χ2n) is 4.43. The summed E-state index contributed by atoms with van der Waals surface area (Å²) in [5.41, 5.74) is 6.00. The van der Waals surface area contributed by atoms with Gasteiger partial charge in [0.2, 0.25) is 0 Å². The van der Waals surface area contributed by atoms with E-state index in [1.807, 2.05) is 18.2 Å². The molecule has 0 aliphatic carbocycles. The molecule has 0 aliphatic rings. The number of nitrogens with two attached hydrogens (primary N) is 1. The SMILES string of the molecule is COc1ccc(C(CN)C(C)(C)N=O)cc1Br. The highest BCUT2D eigenvalue weighted by molar-refractivity contribution is 9.10. The van der Waals surface area contributed by atoms with Crippen LogP contribution in [0.1, 0.15) is 25.3 Å². The molecule has 1 unspecified atom stereocenters. The Morgan fingerprint density at radius 3 is 2.59 bits per heavy atom. The Kier molecular flexibility index (Phi) is 4.65. The molecule has 1 rings (SSSR count). The Morgan fingerprint density at radius 1 is 1.53 bits per heavy atom. The van der Waals surface area contributed by atoms with Crippen LogP contribution in [0, 0.1) is 4.91 Å². The first-order chi connectivity index (χ1) is 7.96. The predicted octanol–water partition coefficient (Wildman–Crippen LogP) is 3.05. The van der Waals surface area contributed by atoms with Gasteiger partial charge in [-0.05, 0) is 47.5 Å². The Morgan fingerprint density at radius 2 is 2.18 bits per heavy atom. The molecule has 0 spiro atoms. The van der Waals surface area contributed by atoms with Crippen molar-refractivity contribution in [1.29, 1.82) is 0 Å². The highest BCUT2D eigenvalue weighted by Gasteiger charge is 2.31. The van der Waals surface area contributed by atoms with Gasteiger partial charge in [-0.1, -0.05) is 11.2 Å². The summed E-state index contributed by atoms with van der Waals surface area (Å²) < 4.78 is 6.01. The second kappa shape index (κ2) is 5.60. The van der Waals surface area contributed by atoms with Crippen LogP contribution in [0.15, 0.2) is 27.8 Å². The van der Waals surface area contributed by atoms with Crippen molar-refractivity contribution >= 4 is 15.9 Å². The van der Waals surface area contributed by atoms with Gasteiger partial charge in [-0.15, -0.1) is 0 Å². The van der Waals surface area contributed by atoms with E-state index in [4.69, 9.17) is 10.5 Å². The third-order valence-electron chi connectivity index (χ3n) is 2.90. The fourth-order valence-corrected chi connectivity index (χ4v) is 2.35. The number of ether oxygens (including phenoxy) is 1. The van der Waals surface area contributed by atoms with Gasteiger partial charge in [0.1, 0.15) is 11.3 Å². The molecule has 0 aliphatic heterocycles. The number of halogens is 1. The molecule has 0 saturated heterocycles. The van der Waals surface area contributed by atoms with Crippen LogP contribution in [0.5, 0.6) is 5.75 Å². The molecule has 94 valence electrons. The molecule has 4 nitrogen and oxygen atoms in total. The van der Waals surface area contributed by atoms with E-state index in [1.54, 1.807) is 21.0 Å². The quantitative estimate of drug-likeness (QED) is 0.850. The topological polar surface area (TPSA) is 64.7 Å². The molecule has 0 heterocycles. The first-order valence-electron chi connectivity index (χ1n) is 5.34. The van der Waals surface area contributed by atoms with E-state index >= 15 is 0 Å². The van der Waals surface area contributed by atoms with Crippen LogP contribution in [0.3, 0.4) is 0 Å². The van der Waals surface area contributed by atoms with Crippen LogP contribution in [0.25, 0.3) is 0 Å². The number of hydrogen-bond donors (Lipinski definition) is 1. The van der Waals surface area contributed by atoms with Crippen molar-refractivity contribution in [3.05, 3.63) is 33.1 Å². The molecule has 0 aromatic heterocycles. The summed E-state index contributed by atoms with van der Waals surface area (Å²) in [6.07, 6.45) is 0. The maximum absolute atomic E-state index is 10.9. The van der Waals surface area contributed by atoms with Crippen molar-refractivity contribution in [3.63, 3.8) is 0 Å². The Labute approximate surface area is 110 Å². The number of methoxy groups -OCH3 is 1. The minimum absolute atomic E-state index is 0.109. The zero-order valence-corrected chi connectivity index (χ0v) is 11.8. The predicted molar refractivity (Wildman–Crippen MR) is 72.4 cm³/mol. The van der Waals surface area contributed by atoms with Crippen molar-refractivity contribution in [1.82, 2.24) is 0 Å². The van der Waals surface area contributed by atoms with Crippen LogP contribution in [-0.2, 0) is 0 Å². The third-order valence-corrected chi connectivity index (χ3v) is 3.52. The van der Waals surface area contributed by atoms with Gasteiger partial charge in [-0.2, -0.15) is 4.91 Å². The lowest BCUT2D eigenvalue weighted by Gasteiger charge is -2.27. The van der Waals surface area contributed by atoms with E-state index in [9.17, 15) is 4.91 Å². The van der Waals surface area contributed by atoms with Crippen LogP contribution >= 0.6 is 15.9 Å². The monoisotopic (exact) mass is 300 g/mol. The molecule has 0 amide bonds. The third kappa shape index (κ3) is 3.04. The number of nitrogens with zero attached hydrogens (tertiary/aromatic N) is 1. The van der Waals surface area contributed by atoms with E-state index in [0.717, 1.165) is 15.8 Å². The van der Waals surface area contributed by atoms with Gasteiger partial charge in [0.05, 0.1) is 11.6 Å². The van der Waals surface area contributed by atoms with E-state index in [0.29, 0.717) is 6.54 Å². The average molecular weight is 301 g/mol. The van der Waals surface area contributed by atoms with E-state index in [1.165, 1.54) is 0 Å². The van der Waals surface area contributed by atoms with Crippen LogP contribution in [0.4, 0.5) is 0 Å². The second-order valence-corrected chi connectivity index (χ2v) is 5.28. The first-order valence-corrected chi connectivity index (χ1v) is 6.13. The fraction of sp³-hybridized carbons (Fsp3) is 0.500. The van der Waals surface area contributed by atoms with Gasteiger partial charge >= 0.3 is 0 Å². The molecule has 1 aromatic rings. The molecule has 17 heavy (non-hydrogen) atoms. The largest absolute Gasteiger partial charge is 0.496 e. The summed E-state index contributed by atoms with van der Waals surface area (Å²) in [6, 6.07) is 5.68. The summed E-state index contributed by atoms with van der Waals surface area (Å²) in [7, 11) is 1.61. The van der Waals surface area contributed by atoms with Gasteiger partial charge in [-0.25, -0.2) is 0 Å². The van der Waals surface area contributed by atoms with Crippen molar-refractivity contribution in [2.24, 2.45) is 10.9 Å². The molecular weight excluding hydrogens is 284 g/mol. The minimum Gasteiger partial charge on any atom is -0.496 e. The Balaban J connectivity index is 3.13. The van der Waals surface area contributed by atoms with Crippen LogP contribution < -0.4 is 10.5 Å². The first kappa shape index (κ1) is 14.1. The molecule has 1 aromatic carbocycles. The molecule has 1 atom stereocenters. The maximum Gasteiger partial charge on any atom is 0.133 e.